The molecule has 2 aromatic rings. The smallest absolute Gasteiger partial charge is 0.364 e. The van der Waals surface area contributed by atoms with E-state index < -0.39 is 35.4 Å². The zero-order valence-electron chi connectivity index (χ0n) is 17.0. The Labute approximate surface area is 186 Å². The molecule has 3 rings (SSSR count). The van der Waals surface area contributed by atoms with Gasteiger partial charge < -0.3 is 20.9 Å². The third kappa shape index (κ3) is 4.87. The van der Waals surface area contributed by atoms with Crippen LogP contribution < -0.4 is 16.4 Å². The molecule has 8 nitrogen and oxygen atoms in total. The van der Waals surface area contributed by atoms with Gasteiger partial charge in [0, 0.05) is 19.0 Å². The van der Waals surface area contributed by atoms with E-state index in [0.29, 0.717) is 25.7 Å². The molecule has 172 valence electrons. The molecular formula is C20H21ClF3N5O3. The molecule has 1 fully saturated rings. The molecule has 0 unspecified atom stereocenters. The molecule has 1 aliphatic rings. The highest BCUT2D eigenvalue weighted by atomic mass is 35.5. The van der Waals surface area contributed by atoms with Gasteiger partial charge in [0.05, 0.1) is 22.6 Å². The van der Waals surface area contributed by atoms with Crippen molar-refractivity contribution >= 4 is 35.0 Å². The number of nitrogens with zero attached hydrogens (tertiary/aromatic N) is 2. The predicted octanol–water partition coefficient (Wildman–Crippen LogP) is 3.38. The average Bonchev–Trinajstić information content (AvgIpc) is 3.19. The van der Waals surface area contributed by atoms with E-state index in [9.17, 15) is 27.6 Å². The number of rotatable bonds is 5. The molecule has 0 saturated heterocycles. The highest BCUT2D eigenvalue weighted by molar-refractivity contribution is 6.33. The van der Waals surface area contributed by atoms with Crippen LogP contribution in [0.25, 0.3) is 0 Å². The Morgan fingerprint density at radius 3 is 2.41 bits per heavy atom. The van der Waals surface area contributed by atoms with Crippen molar-refractivity contribution < 1.29 is 27.6 Å². The molecule has 0 spiro atoms. The van der Waals surface area contributed by atoms with Crippen LogP contribution in [0.2, 0.25) is 5.02 Å². The summed E-state index contributed by atoms with van der Waals surface area (Å²) in [5.41, 5.74) is 4.35. The van der Waals surface area contributed by atoms with Gasteiger partial charge in [-0.3, -0.25) is 14.4 Å². The largest absolute Gasteiger partial charge is 0.416 e. The number of hydrogen-bond donors (Lipinski definition) is 3. The number of anilines is 1. The maximum atomic E-state index is 12.9. The summed E-state index contributed by atoms with van der Waals surface area (Å²) in [5, 5.41) is 4.89. The molecule has 1 heterocycles. The summed E-state index contributed by atoms with van der Waals surface area (Å²) >= 11 is 5.95. The van der Waals surface area contributed by atoms with Crippen LogP contribution >= 0.6 is 11.6 Å². The fourth-order valence-electron chi connectivity index (χ4n) is 3.81. The Morgan fingerprint density at radius 1 is 1.19 bits per heavy atom. The quantitative estimate of drug-likeness (QED) is 0.619. The summed E-state index contributed by atoms with van der Waals surface area (Å²) in [7, 11) is 1.41. The van der Waals surface area contributed by atoms with Crippen molar-refractivity contribution in [3.8, 4) is 0 Å². The second-order valence-electron chi connectivity index (χ2n) is 7.48. The van der Waals surface area contributed by atoms with Gasteiger partial charge in [-0.25, -0.2) is 4.98 Å². The molecule has 0 radical (unpaired) electrons. The number of nitrogens with two attached hydrogens (primary N) is 1. The zero-order chi connectivity index (χ0) is 23.6. The summed E-state index contributed by atoms with van der Waals surface area (Å²) in [4.78, 5) is 40.5. The molecule has 0 aliphatic heterocycles. The van der Waals surface area contributed by atoms with Crippen LogP contribution in [0.4, 0.5) is 18.9 Å². The lowest BCUT2D eigenvalue weighted by molar-refractivity contribution is -0.137. The van der Waals surface area contributed by atoms with E-state index in [1.807, 2.05) is 0 Å². The van der Waals surface area contributed by atoms with Crippen LogP contribution in [0.15, 0.2) is 24.5 Å². The van der Waals surface area contributed by atoms with Gasteiger partial charge in [-0.15, -0.1) is 0 Å². The second-order valence-corrected chi connectivity index (χ2v) is 7.89. The lowest BCUT2D eigenvalue weighted by Gasteiger charge is -2.29. The number of halogens is 4. The number of alkyl halides is 3. The highest BCUT2D eigenvalue weighted by Crippen LogP contribution is 2.36. The van der Waals surface area contributed by atoms with Gasteiger partial charge in [0.1, 0.15) is 5.69 Å². The van der Waals surface area contributed by atoms with Gasteiger partial charge in [0.25, 0.3) is 11.8 Å². The van der Waals surface area contributed by atoms with Gasteiger partial charge >= 0.3 is 6.18 Å². The van der Waals surface area contributed by atoms with E-state index in [2.05, 4.69) is 15.6 Å². The van der Waals surface area contributed by atoms with Crippen molar-refractivity contribution in [2.75, 3.05) is 12.4 Å². The topological polar surface area (TPSA) is 119 Å². The number of amides is 3. The van der Waals surface area contributed by atoms with Crippen molar-refractivity contribution in [3.63, 3.8) is 0 Å². The molecule has 32 heavy (non-hydrogen) atoms. The number of primary amides is 1. The summed E-state index contributed by atoms with van der Waals surface area (Å²) in [6, 6.07) is 2.53. The molecule has 12 heteroatoms. The Balaban J connectivity index is 1.69. The number of imidazole rings is 1. The fraction of sp³-hybridized carbons (Fsp3) is 0.400. The van der Waals surface area contributed by atoms with E-state index >= 15 is 0 Å². The van der Waals surface area contributed by atoms with Crippen molar-refractivity contribution in [2.24, 2.45) is 11.7 Å². The van der Waals surface area contributed by atoms with E-state index in [-0.39, 0.29) is 28.1 Å². The SMILES string of the molecule is CNC(=O)c1ncn([C@H]2CC[C@H](C(=O)Nc3cc(C(F)(F)F)ccc3Cl)CC2)c1C(N)=O. The highest BCUT2D eigenvalue weighted by Gasteiger charge is 2.33. The molecule has 1 saturated carbocycles. The second kappa shape index (κ2) is 9.19. The minimum absolute atomic E-state index is 0.00582. The van der Waals surface area contributed by atoms with Gasteiger partial charge in [-0.1, -0.05) is 11.6 Å². The first kappa shape index (κ1) is 23.6. The van der Waals surface area contributed by atoms with Gasteiger partial charge in [-0.2, -0.15) is 13.2 Å². The normalized spacial score (nSPS) is 18.8. The predicted molar refractivity (Wildman–Crippen MR) is 110 cm³/mol. The fourth-order valence-corrected chi connectivity index (χ4v) is 3.98. The third-order valence-corrected chi connectivity index (χ3v) is 5.81. The first-order valence-electron chi connectivity index (χ1n) is 9.79. The summed E-state index contributed by atoms with van der Waals surface area (Å²) in [6.07, 6.45) is -1.38. The van der Waals surface area contributed by atoms with Crippen LogP contribution in [0, 0.1) is 5.92 Å². The Bertz CT molecular complexity index is 1050. The van der Waals surface area contributed by atoms with Gasteiger partial charge in [0.2, 0.25) is 5.91 Å². The molecular weight excluding hydrogens is 451 g/mol. The summed E-state index contributed by atoms with van der Waals surface area (Å²) in [6.45, 7) is 0. The van der Waals surface area contributed by atoms with Crippen LogP contribution in [0.3, 0.4) is 0 Å². The van der Waals surface area contributed by atoms with E-state index in [1.165, 1.54) is 13.4 Å². The van der Waals surface area contributed by atoms with Crippen molar-refractivity contribution in [2.45, 2.75) is 37.9 Å². The molecule has 0 bridgehead atoms. The van der Waals surface area contributed by atoms with Crippen LogP contribution in [0.1, 0.15) is 58.3 Å². The number of aromatic nitrogens is 2. The Morgan fingerprint density at radius 2 is 1.84 bits per heavy atom. The van der Waals surface area contributed by atoms with Gasteiger partial charge in [-0.05, 0) is 43.9 Å². The number of hydrogen-bond acceptors (Lipinski definition) is 4. The monoisotopic (exact) mass is 471 g/mol. The lowest BCUT2D eigenvalue weighted by Crippen LogP contribution is -2.30. The standard InChI is InChI=1S/C20H21ClF3N5O3/c1-26-19(32)15-16(17(25)30)29(9-27-15)12-5-2-10(3-6-12)18(31)28-14-8-11(20(22,23)24)4-7-13(14)21/h4,7-10,12H,2-3,5-6H2,1H3,(H2,25,30)(H,26,32)(H,28,31)/t10-,12-. The average molecular weight is 472 g/mol. The van der Waals surface area contributed by atoms with E-state index in [1.54, 1.807) is 4.57 Å². The Hall–Kier alpha value is -3.08. The maximum Gasteiger partial charge on any atom is 0.416 e. The first-order chi connectivity index (χ1) is 15.0. The van der Waals surface area contributed by atoms with Crippen LogP contribution in [0.5, 0.6) is 0 Å². The molecule has 1 aromatic heterocycles. The van der Waals surface area contributed by atoms with Crippen LogP contribution in [-0.4, -0.2) is 34.3 Å². The molecule has 3 amide bonds. The number of carbonyl (C=O) groups is 3. The Kier molecular flexibility index (Phi) is 6.77. The molecule has 4 N–H and O–H groups in total. The summed E-state index contributed by atoms with van der Waals surface area (Å²) < 4.78 is 40.4. The van der Waals surface area contributed by atoms with Crippen molar-refractivity contribution in [1.82, 2.24) is 14.9 Å². The number of carbonyl (C=O) groups excluding carboxylic acids is 3. The minimum Gasteiger partial charge on any atom is -0.364 e. The van der Waals surface area contributed by atoms with Crippen LogP contribution in [-0.2, 0) is 11.0 Å². The molecule has 1 aromatic carbocycles. The maximum absolute atomic E-state index is 12.9. The van der Waals surface area contributed by atoms with E-state index in [0.717, 1.165) is 18.2 Å². The lowest BCUT2D eigenvalue weighted by atomic mass is 9.85. The number of nitrogens with one attached hydrogen (secondary N) is 2. The zero-order valence-corrected chi connectivity index (χ0v) is 17.8. The molecule has 0 atom stereocenters. The third-order valence-electron chi connectivity index (χ3n) is 5.48. The van der Waals surface area contributed by atoms with Crippen molar-refractivity contribution in [1.29, 1.82) is 0 Å². The van der Waals surface area contributed by atoms with Crippen molar-refractivity contribution in [3.05, 3.63) is 46.5 Å². The number of benzene rings is 1. The molecule has 1 aliphatic carbocycles. The summed E-state index contributed by atoms with van der Waals surface area (Å²) in [5.74, 6) is -2.21. The van der Waals surface area contributed by atoms with Gasteiger partial charge in [0.15, 0.2) is 5.69 Å². The first-order valence-corrected chi connectivity index (χ1v) is 10.2. The van der Waals surface area contributed by atoms with E-state index in [4.69, 9.17) is 17.3 Å². The minimum atomic E-state index is -4.56.